The summed E-state index contributed by atoms with van der Waals surface area (Å²) >= 11 is 13.4. The third-order valence-electron chi connectivity index (χ3n) is 2.94. The zero-order valence-electron chi connectivity index (χ0n) is 12.0. The fourth-order valence-electron chi connectivity index (χ4n) is 1.87. The number of carbonyl (C=O) groups excluding carboxylic acids is 1. The fraction of sp³-hybridized carbons (Fsp3) is 0.267. The van der Waals surface area contributed by atoms with Crippen molar-refractivity contribution in [1.82, 2.24) is 10.3 Å². The van der Waals surface area contributed by atoms with Crippen LogP contribution in [0, 0.1) is 0 Å². The van der Waals surface area contributed by atoms with E-state index in [-0.39, 0.29) is 18.7 Å². The van der Waals surface area contributed by atoms with E-state index in [0.29, 0.717) is 28.7 Å². The Bertz CT molecular complexity index is 718. The number of amides is 1. The monoisotopic (exact) mass is 372 g/mol. The molecule has 1 heterocycles. The molecule has 0 saturated carbocycles. The normalized spacial score (nSPS) is 10.5. The summed E-state index contributed by atoms with van der Waals surface area (Å²) in [4.78, 5) is 26.6. The minimum atomic E-state index is -0.872. The summed E-state index contributed by atoms with van der Waals surface area (Å²) in [6.07, 6.45) is 0.592. The standard InChI is InChI=1S/C15H14Cl2N2O3S/c16-9-3-4-11(12(17)6-9)15-19-10(8-23-15)7-13(20)18-5-1-2-14(21)22/h3-4,6,8H,1-2,5,7H2,(H,18,20)(H,21,22). The number of carbonyl (C=O) groups is 2. The molecule has 0 fully saturated rings. The summed E-state index contributed by atoms with van der Waals surface area (Å²) in [6.45, 7) is 0.338. The van der Waals surface area contributed by atoms with Gasteiger partial charge in [0.1, 0.15) is 5.01 Å². The summed E-state index contributed by atoms with van der Waals surface area (Å²) in [5.41, 5.74) is 1.42. The highest BCUT2D eigenvalue weighted by Crippen LogP contribution is 2.32. The van der Waals surface area contributed by atoms with Crippen molar-refractivity contribution in [3.8, 4) is 10.6 Å². The molecule has 1 amide bonds. The minimum absolute atomic E-state index is 0.0379. The molecule has 0 atom stereocenters. The van der Waals surface area contributed by atoms with Crippen LogP contribution in [0.1, 0.15) is 18.5 Å². The Hall–Kier alpha value is -1.63. The second kappa shape index (κ2) is 8.29. The van der Waals surface area contributed by atoms with Gasteiger partial charge in [0, 0.05) is 28.9 Å². The third-order valence-corrected chi connectivity index (χ3v) is 4.42. The third kappa shape index (κ3) is 5.49. The molecule has 2 N–H and O–H groups in total. The highest BCUT2D eigenvalue weighted by molar-refractivity contribution is 7.13. The second-order valence-corrected chi connectivity index (χ2v) is 6.49. The van der Waals surface area contributed by atoms with Gasteiger partial charge in [-0.3, -0.25) is 9.59 Å². The Morgan fingerprint density at radius 2 is 2.09 bits per heavy atom. The Balaban J connectivity index is 1.92. The lowest BCUT2D eigenvalue weighted by Gasteiger charge is -2.02. The maximum absolute atomic E-state index is 11.8. The molecule has 0 unspecified atom stereocenters. The quantitative estimate of drug-likeness (QED) is 0.727. The van der Waals surface area contributed by atoms with E-state index in [4.69, 9.17) is 28.3 Å². The van der Waals surface area contributed by atoms with E-state index in [1.807, 2.05) is 0 Å². The molecule has 0 bridgehead atoms. The molecule has 5 nitrogen and oxygen atoms in total. The molecule has 2 aromatic rings. The summed E-state index contributed by atoms with van der Waals surface area (Å²) in [5.74, 6) is -1.06. The molecular weight excluding hydrogens is 359 g/mol. The van der Waals surface area contributed by atoms with Gasteiger partial charge in [-0.15, -0.1) is 11.3 Å². The van der Waals surface area contributed by atoms with Gasteiger partial charge in [0.05, 0.1) is 17.1 Å². The van der Waals surface area contributed by atoms with E-state index in [0.717, 1.165) is 10.6 Å². The number of hydrogen-bond acceptors (Lipinski definition) is 4. The van der Waals surface area contributed by atoms with Gasteiger partial charge in [-0.25, -0.2) is 4.98 Å². The number of benzene rings is 1. The molecule has 0 spiro atoms. The number of aliphatic carboxylic acids is 1. The van der Waals surface area contributed by atoms with Crippen LogP contribution in [0.25, 0.3) is 10.6 Å². The van der Waals surface area contributed by atoms with Gasteiger partial charge in [-0.1, -0.05) is 23.2 Å². The molecule has 23 heavy (non-hydrogen) atoms. The van der Waals surface area contributed by atoms with Crippen molar-refractivity contribution in [3.63, 3.8) is 0 Å². The van der Waals surface area contributed by atoms with Crippen molar-refractivity contribution in [2.24, 2.45) is 0 Å². The van der Waals surface area contributed by atoms with Gasteiger partial charge < -0.3 is 10.4 Å². The number of hydrogen-bond donors (Lipinski definition) is 2. The van der Waals surface area contributed by atoms with Gasteiger partial charge in [0.15, 0.2) is 0 Å². The van der Waals surface area contributed by atoms with Gasteiger partial charge in [-0.2, -0.15) is 0 Å². The van der Waals surface area contributed by atoms with Gasteiger partial charge in [-0.05, 0) is 24.6 Å². The minimum Gasteiger partial charge on any atom is -0.481 e. The fourth-order valence-corrected chi connectivity index (χ4v) is 3.28. The van der Waals surface area contributed by atoms with Crippen LogP contribution in [0.3, 0.4) is 0 Å². The largest absolute Gasteiger partial charge is 0.481 e. The second-order valence-electron chi connectivity index (χ2n) is 4.79. The zero-order valence-corrected chi connectivity index (χ0v) is 14.3. The molecule has 1 aromatic heterocycles. The lowest BCUT2D eigenvalue weighted by atomic mass is 10.2. The Kier molecular flexibility index (Phi) is 6.38. The predicted octanol–water partition coefficient (Wildman–Crippen LogP) is 3.64. The maximum Gasteiger partial charge on any atom is 0.303 e. The molecule has 0 aliphatic rings. The van der Waals surface area contributed by atoms with E-state index in [2.05, 4.69) is 10.3 Å². The summed E-state index contributed by atoms with van der Waals surface area (Å²) in [7, 11) is 0. The number of nitrogens with zero attached hydrogens (tertiary/aromatic N) is 1. The summed E-state index contributed by atoms with van der Waals surface area (Å²) in [5, 5.41) is 14.8. The van der Waals surface area contributed by atoms with Crippen LogP contribution < -0.4 is 5.32 Å². The van der Waals surface area contributed by atoms with E-state index >= 15 is 0 Å². The first kappa shape index (κ1) is 17.7. The van der Waals surface area contributed by atoms with E-state index in [1.54, 1.807) is 23.6 Å². The van der Waals surface area contributed by atoms with Crippen molar-refractivity contribution in [2.75, 3.05) is 6.54 Å². The summed E-state index contributed by atoms with van der Waals surface area (Å²) in [6, 6.07) is 5.17. The number of carboxylic acids is 1. The van der Waals surface area contributed by atoms with Crippen LogP contribution in [0.4, 0.5) is 0 Å². The molecule has 0 saturated heterocycles. The number of nitrogens with one attached hydrogen (secondary N) is 1. The topological polar surface area (TPSA) is 79.3 Å². The van der Waals surface area contributed by atoms with Gasteiger partial charge in [0.2, 0.25) is 5.91 Å². The van der Waals surface area contributed by atoms with Crippen LogP contribution in [-0.2, 0) is 16.0 Å². The molecular formula is C15H14Cl2N2O3S. The van der Waals surface area contributed by atoms with Gasteiger partial charge in [0.25, 0.3) is 0 Å². The highest BCUT2D eigenvalue weighted by atomic mass is 35.5. The highest BCUT2D eigenvalue weighted by Gasteiger charge is 2.11. The van der Waals surface area contributed by atoms with Crippen molar-refractivity contribution in [1.29, 1.82) is 0 Å². The molecule has 122 valence electrons. The van der Waals surface area contributed by atoms with Crippen LogP contribution in [0.2, 0.25) is 10.0 Å². The molecule has 0 aliphatic heterocycles. The van der Waals surface area contributed by atoms with Crippen LogP contribution in [-0.4, -0.2) is 28.5 Å². The van der Waals surface area contributed by atoms with Crippen molar-refractivity contribution in [3.05, 3.63) is 39.3 Å². The average molecular weight is 373 g/mol. The molecule has 8 heteroatoms. The van der Waals surface area contributed by atoms with Crippen molar-refractivity contribution in [2.45, 2.75) is 19.3 Å². The van der Waals surface area contributed by atoms with E-state index in [1.165, 1.54) is 11.3 Å². The molecule has 0 aliphatic carbocycles. The van der Waals surface area contributed by atoms with Crippen LogP contribution in [0.15, 0.2) is 23.6 Å². The first-order valence-corrected chi connectivity index (χ1v) is 8.47. The van der Waals surface area contributed by atoms with E-state index in [9.17, 15) is 9.59 Å². The van der Waals surface area contributed by atoms with Crippen molar-refractivity contribution < 1.29 is 14.7 Å². The smallest absolute Gasteiger partial charge is 0.303 e. The Labute approximate surface area is 147 Å². The first-order chi connectivity index (χ1) is 11.0. The Morgan fingerprint density at radius 3 is 2.78 bits per heavy atom. The average Bonchev–Trinajstić information content (AvgIpc) is 2.91. The lowest BCUT2D eigenvalue weighted by molar-refractivity contribution is -0.137. The van der Waals surface area contributed by atoms with Crippen LogP contribution in [0.5, 0.6) is 0 Å². The lowest BCUT2D eigenvalue weighted by Crippen LogP contribution is -2.26. The number of halogens is 2. The van der Waals surface area contributed by atoms with E-state index < -0.39 is 5.97 Å². The molecule has 2 rings (SSSR count). The number of rotatable bonds is 7. The Morgan fingerprint density at radius 1 is 1.30 bits per heavy atom. The molecule has 1 aromatic carbocycles. The van der Waals surface area contributed by atoms with Crippen molar-refractivity contribution >= 4 is 46.4 Å². The van der Waals surface area contributed by atoms with Gasteiger partial charge >= 0.3 is 5.97 Å². The number of thiazole rings is 1. The summed E-state index contributed by atoms with van der Waals surface area (Å²) < 4.78 is 0. The zero-order chi connectivity index (χ0) is 16.8. The van der Waals surface area contributed by atoms with Crippen LogP contribution >= 0.6 is 34.5 Å². The number of aromatic nitrogens is 1. The SMILES string of the molecule is O=C(O)CCCNC(=O)Cc1csc(-c2ccc(Cl)cc2Cl)n1. The number of carboxylic acid groups (broad SMARTS) is 1. The maximum atomic E-state index is 11.8. The predicted molar refractivity (Wildman–Crippen MR) is 91.2 cm³/mol. The first-order valence-electron chi connectivity index (χ1n) is 6.84. The molecule has 0 radical (unpaired) electrons.